The molecule has 6 nitrogen and oxygen atoms in total. The third-order valence-electron chi connectivity index (χ3n) is 6.00. The van der Waals surface area contributed by atoms with Gasteiger partial charge in [0.2, 0.25) is 0 Å². The second kappa shape index (κ2) is 7.86. The number of amides is 1. The fourth-order valence-electron chi connectivity index (χ4n) is 4.45. The lowest BCUT2D eigenvalue weighted by Crippen LogP contribution is -2.61. The number of carbonyl (C=O) groups excluding carboxylic acids is 1. The molecule has 30 heavy (non-hydrogen) atoms. The molecule has 2 unspecified atom stereocenters. The van der Waals surface area contributed by atoms with Crippen molar-refractivity contribution in [1.29, 1.82) is 0 Å². The number of thiazole rings is 1. The molecule has 4 heterocycles. The van der Waals surface area contributed by atoms with Gasteiger partial charge in [-0.2, -0.15) is 0 Å². The quantitative estimate of drug-likeness (QED) is 0.651. The van der Waals surface area contributed by atoms with Gasteiger partial charge in [0, 0.05) is 28.4 Å². The molecule has 0 bridgehead atoms. The standard InChI is InChI=1S/C22H25N5OS2/c1-13-20-24-25-21(19-14(2)30-15(3)23-19)27(20)11-10-26(13)22(28)17-8-6-16(7-9-17)18-5-4-12-29-18/h4-9,12-13,20-21,24-25H,10-11H2,1-3H3/t13-,20?,21?/m1/s1. The zero-order valence-corrected chi connectivity index (χ0v) is 18.9. The van der Waals surface area contributed by atoms with Crippen LogP contribution in [-0.4, -0.2) is 46.0 Å². The van der Waals surface area contributed by atoms with Gasteiger partial charge in [-0.25, -0.2) is 15.8 Å². The van der Waals surface area contributed by atoms with E-state index in [1.54, 1.807) is 22.7 Å². The van der Waals surface area contributed by atoms with Gasteiger partial charge in [-0.05, 0) is 49.9 Å². The summed E-state index contributed by atoms with van der Waals surface area (Å²) in [6, 6.07) is 12.2. The third-order valence-corrected chi connectivity index (χ3v) is 7.82. The van der Waals surface area contributed by atoms with Crippen LogP contribution >= 0.6 is 22.7 Å². The number of piperazine rings is 1. The van der Waals surface area contributed by atoms with Crippen LogP contribution in [0.4, 0.5) is 0 Å². The number of nitrogens with one attached hydrogen (secondary N) is 2. The molecule has 2 aromatic heterocycles. The molecule has 8 heteroatoms. The van der Waals surface area contributed by atoms with Crippen molar-refractivity contribution in [2.45, 2.75) is 39.1 Å². The minimum atomic E-state index is 0.0424. The average molecular weight is 440 g/mol. The molecular formula is C22H25N5OS2. The van der Waals surface area contributed by atoms with Gasteiger partial charge in [-0.15, -0.1) is 22.7 Å². The SMILES string of the molecule is Cc1nc(C2NNC3[C@@H](C)N(C(=O)c4ccc(-c5cccs5)cc4)CCN23)c(C)s1. The number of carbonyl (C=O) groups is 1. The maximum Gasteiger partial charge on any atom is 0.254 e. The average Bonchev–Trinajstić information content (AvgIpc) is 3.48. The number of aryl methyl sites for hydroxylation is 2. The van der Waals surface area contributed by atoms with E-state index in [0.717, 1.165) is 28.4 Å². The summed E-state index contributed by atoms with van der Waals surface area (Å²) in [4.78, 5) is 24.8. The van der Waals surface area contributed by atoms with E-state index in [0.29, 0.717) is 6.54 Å². The van der Waals surface area contributed by atoms with Crippen molar-refractivity contribution in [3.63, 3.8) is 0 Å². The number of aromatic nitrogens is 1. The second-order valence-electron chi connectivity index (χ2n) is 7.84. The lowest BCUT2D eigenvalue weighted by Gasteiger charge is -2.43. The van der Waals surface area contributed by atoms with Crippen LogP contribution in [0.25, 0.3) is 10.4 Å². The molecule has 1 aromatic carbocycles. The molecule has 156 valence electrons. The molecule has 2 N–H and O–H groups in total. The zero-order valence-electron chi connectivity index (χ0n) is 17.3. The molecule has 3 aromatic rings. The third kappa shape index (κ3) is 3.38. The second-order valence-corrected chi connectivity index (χ2v) is 10.2. The Bertz CT molecular complexity index is 1050. The van der Waals surface area contributed by atoms with Crippen LogP contribution in [0.2, 0.25) is 0 Å². The summed E-state index contributed by atoms with van der Waals surface area (Å²) in [6.45, 7) is 7.78. The summed E-state index contributed by atoms with van der Waals surface area (Å²) >= 11 is 3.44. The number of benzene rings is 1. The van der Waals surface area contributed by atoms with Gasteiger partial charge in [0.1, 0.15) is 6.17 Å². The van der Waals surface area contributed by atoms with Gasteiger partial charge >= 0.3 is 0 Å². The number of nitrogens with zero attached hydrogens (tertiary/aromatic N) is 3. The first-order valence-electron chi connectivity index (χ1n) is 10.2. The predicted molar refractivity (Wildman–Crippen MR) is 121 cm³/mol. The van der Waals surface area contributed by atoms with Gasteiger partial charge in [-0.3, -0.25) is 9.69 Å². The van der Waals surface area contributed by atoms with Gasteiger partial charge in [0.15, 0.2) is 0 Å². The predicted octanol–water partition coefficient (Wildman–Crippen LogP) is 3.77. The molecular weight excluding hydrogens is 414 g/mol. The first-order valence-corrected chi connectivity index (χ1v) is 11.9. The van der Waals surface area contributed by atoms with E-state index in [1.807, 2.05) is 42.2 Å². The van der Waals surface area contributed by atoms with Gasteiger partial charge in [0.05, 0.1) is 22.9 Å². The van der Waals surface area contributed by atoms with Gasteiger partial charge in [0.25, 0.3) is 5.91 Å². The van der Waals surface area contributed by atoms with Crippen molar-refractivity contribution in [2.24, 2.45) is 0 Å². The highest BCUT2D eigenvalue weighted by Gasteiger charge is 2.44. The molecule has 3 atom stereocenters. The highest BCUT2D eigenvalue weighted by molar-refractivity contribution is 7.13. The Morgan fingerprint density at radius 3 is 2.60 bits per heavy atom. The molecule has 0 radical (unpaired) electrons. The first-order chi connectivity index (χ1) is 14.5. The summed E-state index contributed by atoms with van der Waals surface area (Å²) in [5.74, 6) is 0.0887. The zero-order chi connectivity index (χ0) is 20.8. The molecule has 2 aliphatic heterocycles. The molecule has 2 saturated heterocycles. The molecule has 5 rings (SSSR count). The number of hydrazine groups is 1. The van der Waals surface area contributed by atoms with Gasteiger partial charge in [-0.1, -0.05) is 18.2 Å². The first kappa shape index (κ1) is 19.8. The van der Waals surface area contributed by atoms with Crippen LogP contribution in [0.3, 0.4) is 0 Å². The Kier molecular flexibility index (Phi) is 5.20. The molecule has 0 saturated carbocycles. The summed E-state index contributed by atoms with van der Waals surface area (Å²) in [6.07, 6.45) is 0.101. The maximum absolute atomic E-state index is 13.3. The number of hydrogen-bond donors (Lipinski definition) is 2. The minimum Gasteiger partial charge on any atom is -0.332 e. The molecule has 2 aliphatic rings. The maximum atomic E-state index is 13.3. The Balaban J connectivity index is 1.32. The fraction of sp³-hybridized carbons (Fsp3) is 0.364. The van der Waals surface area contributed by atoms with E-state index in [-0.39, 0.29) is 24.3 Å². The van der Waals surface area contributed by atoms with Crippen LogP contribution in [0.1, 0.15) is 39.0 Å². The van der Waals surface area contributed by atoms with Crippen molar-refractivity contribution >= 4 is 28.6 Å². The fourth-order valence-corrected chi connectivity index (χ4v) is 6.03. The van der Waals surface area contributed by atoms with Crippen LogP contribution in [0.5, 0.6) is 0 Å². The normalized spacial score (nSPS) is 24.2. The van der Waals surface area contributed by atoms with E-state index < -0.39 is 0 Å². The van der Waals surface area contributed by atoms with Crippen molar-refractivity contribution in [3.05, 3.63) is 62.9 Å². The van der Waals surface area contributed by atoms with E-state index in [2.05, 4.69) is 41.0 Å². The smallest absolute Gasteiger partial charge is 0.254 e. The van der Waals surface area contributed by atoms with E-state index in [1.165, 1.54) is 9.75 Å². The number of hydrogen-bond acceptors (Lipinski definition) is 7. The largest absolute Gasteiger partial charge is 0.332 e. The van der Waals surface area contributed by atoms with Crippen molar-refractivity contribution in [3.8, 4) is 10.4 Å². The Hall–Kier alpha value is -2.10. The number of thiophene rings is 1. The molecule has 0 aliphatic carbocycles. The summed E-state index contributed by atoms with van der Waals surface area (Å²) < 4.78 is 0. The number of rotatable bonds is 3. The highest BCUT2D eigenvalue weighted by atomic mass is 32.1. The molecule has 2 fully saturated rings. The van der Waals surface area contributed by atoms with E-state index in [4.69, 9.17) is 4.98 Å². The highest BCUT2D eigenvalue weighted by Crippen LogP contribution is 2.32. The van der Waals surface area contributed by atoms with Crippen LogP contribution < -0.4 is 10.9 Å². The van der Waals surface area contributed by atoms with Crippen LogP contribution in [0.15, 0.2) is 41.8 Å². The van der Waals surface area contributed by atoms with Gasteiger partial charge < -0.3 is 4.90 Å². The van der Waals surface area contributed by atoms with Crippen LogP contribution in [0, 0.1) is 13.8 Å². The Morgan fingerprint density at radius 1 is 1.13 bits per heavy atom. The monoisotopic (exact) mass is 439 g/mol. The lowest BCUT2D eigenvalue weighted by atomic mass is 10.1. The summed E-state index contributed by atoms with van der Waals surface area (Å²) in [5, 5.41) is 3.15. The topological polar surface area (TPSA) is 60.5 Å². The van der Waals surface area contributed by atoms with Crippen molar-refractivity contribution < 1.29 is 4.79 Å². The Morgan fingerprint density at radius 2 is 1.93 bits per heavy atom. The van der Waals surface area contributed by atoms with Crippen molar-refractivity contribution in [2.75, 3.05) is 13.1 Å². The molecule has 1 amide bonds. The minimum absolute atomic E-state index is 0.0424. The summed E-state index contributed by atoms with van der Waals surface area (Å²) in [7, 11) is 0. The molecule has 0 spiro atoms. The number of fused-ring (bicyclic) bond motifs is 1. The van der Waals surface area contributed by atoms with Crippen molar-refractivity contribution in [1.82, 2.24) is 25.6 Å². The van der Waals surface area contributed by atoms with E-state index in [9.17, 15) is 4.79 Å². The summed E-state index contributed by atoms with van der Waals surface area (Å²) in [5.41, 5.74) is 9.79. The Labute approximate surface area is 184 Å². The lowest BCUT2D eigenvalue weighted by molar-refractivity contribution is 0.0213. The van der Waals surface area contributed by atoms with Crippen LogP contribution in [-0.2, 0) is 0 Å². The van der Waals surface area contributed by atoms with E-state index >= 15 is 0 Å².